The maximum absolute atomic E-state index is 13.1. The van der Waals surface area contributed by atoms with E-state index in [2.05, 4.69) is 9.72 Å². The number of hydrogen-bond acceptors (Lipinski definition) is 7. The Morgan fingerprint density at radius 1 is 1.29 bits per heavy atom. The first kappa shape index (κ1) is 19.4. The number of ether oxygens (including phenoxy) is 1. The Morgan fingerprint density at radius 2 is 2.00 bits per heavy atom. The van der Waals surface area contributed by atoms with E-state index in [1.54, 1.807) is 4.90 Å². The Kier molecular flexibility index (Phi) is 5.62. The number of Topliss-reactive ketones (excluding diaryl/α,β-unsaturated/α-hetero) is 1. The van der Waals surface area contributed by atoms with Crippen molar-refractivity contribution >= 4 is 23.3 Å². The van der Waals surface area contributed by atoms with Crippen LogP contribution >= 0.6 is 0 Å². The van der Waals surface area contributed by atoms with E-state index in [1.807, 2.05) is 0 Å². The molecule has 2 heterocycles. The van der Waals surface area contributed by atoms with Crippen LogP contribution in [0.25, 0.3) is 0 Å². The molecule has 0 saturated carbocycles. The number of rotatable bonds is 5. The average Bonchev–Trinajstić information content (AvgIpc) is 2.72. The summed E-state index contributed by atoms with van der Waals surface area (Å²) in [7, 11) is 1.18. The minimum atomic E-state index is -0.717. The highest BCUT2D eigenvalue weighted by Gasteiger charge is 2.31. The normalized spacial score (nSPS) is 16.5. The Morgan fingerprint density at radius 3 is 2.64 bits per heavy atom. The number of nitro groups is 1. The minimum Gasteiger partial charge on any atom is -0.465 e. The Bertz CT molecular complexity index is 916. The number of nitrogens with zero attached hydrogens (tertiary/aromatic N) is 3. The van der Waals surface area contributed by atoms with Crippen molar-refractivity contribution in [1.82, 2.24) is 4.98 Å². The Labute approximate surface area is 160 Å². The molecule has 1 fully saturated rings. The highest BCUT2D eigenvalue weighted by Crippen LogP contribution is 2.31. The number of esters is 1. The number of benzene rings is 1. The second kappa shape index (κ2) is 8.12. The molecule has 9 heteroatoms. The van der Waals surface area contributed by atoms with Crippen molar-refractivity contribution in [2.75, 3.05) is 25.1 Å². The predicted octanol–water partition coefficient (Wildman–Crippen LogP) is 3.01. The SMILES string of the molecule is COC(=O)c1cnc(N2CCCC(C(=O)c3ccc(F)cc3)C2)c([N+](=O)[O-])c1. The molecule has 3 rings (SSSR count). The molecule has 0 N–H and O–H groups in total. The zero-order valence-electron chi connectivity index (χ0n) is 15.1. The average molecular weight is 387 g/mol. The number of hydrogen-bond donors (Lipinski definition) is 0. The molecule has 0 radical (unpaired) electrons. The second-order valence-corrected chi connectivity index (χ2v) is 6.47. The van der Waals surface area contributed by atoms with E-state index in [4.69, 9.17) is 0 Å². The van der Waals surface area contributed by atoms with Gasteiger partial charge in [0.2, 0.25) is 5.82 Å². The zero-order valence-corrected chi connectivity index (χ0v) is 15.1. The number of aromatic nitrogens is 1. The summed E-state index contributed by atoms with van der Waals surface area (Å²) in [4.78, 5) is 41.0. The topological polar surface area (TPSA) is 103 Å². The first-order valence-electron chi connectivity index (χ1n) is 8.68. The molecule has 0 amide bonds. The van der Waals surface area contributed by atoms with Crippen LogP contribution in [-0.2, 0) is 4.74 Å². The van der Waals surface area contributed by atoms with Crippen LogP contribution < -0.4 is 4.90 Å². The third-order valence-corrected chi connectivity index (χ3v) is 4.69. The summed E-state index contributed by atoms with van der Waals surface area (Å²) in [5, 5.41) is 11.5. The van der Waals surface area contributed by atoms with Crippen molar-refractivity contribution in [3.05, 3.63) is 63.6 Å². The number of ketones is 1. The summed E-state index contributed by atoms with van der Waals surface area (Å²) in [6, 6.07) is 6.45. The van der Waals surface area contributed by atoms with Gasteiger partial charge in [-0.15, -0.1) is 0 Å². The highest BCUT2D eigenvalue weighted by atomic mass is 19.1. The minimum absolute atomic E-state index is 0.0195. The van der Waals surface area contributed by atoms with Gasteiger partial charge in [0.25, 0.3) is 0 Å². The lowest BCUT2D eigenvalue weighted by atomic mass is 9.90. The van der Waals surface area contributed by atoms with Crippen LogP contribution in [0.5, 0.6) is 0 Å². The number of halogens is 1. The number of carbonyl (C=O) groups is 2. The van der Waals surface area contributed by atoms with Gasteiger partial charge in [0.05, 0.1) is 17.6 Å². The number of anilines is 1. The van der Waals surface area contributed by atoms with E-state index in [-0.39, 0.29) is 35.3 Å². The van der Waals surface area contributed by atoms with Crippen molar-refractivity contribution in [1.29, 1.82) is 0 Å². The molecule has 1 aliphatic rings. The third-order valence-electron chi connectivity index (χ3n) is 4.69. The largest absolute Gasteiger partial charge is 0.465 e. The highest BCUT2D eigenvalue weighted by molar-refractivity contribution is 5.98. The lowest BCUT2D eigenvalue weighted by Gasteiger charge is -2.32. The van der Waals surface area contributed by atoms with E-state index in [9.17, 15) is 24.1 Å². The van der Waals surface area contributed by atoms with Crippen LogP contribution in [0.2, 0.25) is 0 Å². The zero-order chi connectivity index (χ0) is 20.3. The summed E-state index contributed by atoms with van der Waals surface area (Å²) in [6.07, 6.45) is 2.50. The van der Waals surface area contributed by atoms with Crippen molar-refractivity contribution in [2.24, 2.45) is 5.92 Å². The molecule has 146 valence electrons. The van der Waals surface area contributed by atoms with Gasteiger partial charge in [-0.1, -0.05) is 0 Å². The van der Waals surface area contributed by atoms with E-state index < -0.39 is 16.7 Å². The van der Waals surface area contributed by atoms with Crippen LogP contribution in [0, 0.1) is 21.8 Å². The van der Waals surface area contributed by atoms with E-state index in [0.717, 1.165) is 6.07 Å². The molecular weight excluding hydrogens is 369 g/mol. The van der Waals surface area contributed by atoms with E-state index in [0.29, 0.717) is 24.9 Å². The van der Waals surface area contributed by atoms with Gasteiger partial charge in [-0.25, -0.2) is 14.2 Å². The molecular formula is C19H18FN3O5. The summed E-state index contributed by atoms with van der Waals surface area (Å²) in [6.45, 7) is 0.750. The number of methoxy groups -OCH3 is 1. The molecule has 8 nitrogen and oxygen atoms in total. The fourth-order valence-electron chi connectivity index (χ4n) is 3.29. The summed E-state index contributed by atoms with van der Waals surface area (Å²) in [5.74, 6) is -1.56. The smallest absolute Gasteiger partial charge is 0.339 e. The molecule has 0 spiro atoms. The standard InChI is InChI=1S/C19H18FN3O5/c1-28-19(25)14-9-16(23(26)27)18(21-10-14)22-8-2-3-13(11-22)17(24)12-4-6-15(20)7-5-12/h4-7,9-10,13H,2-3,8,11H2,1H3. The first-order chi connectivity index (χ1) is 13.4. The van der Waals surface area contributed by atoms with Gasteiger partial charge >= 0.3 is 11.7 Å². The van der Waals surface area contributed by atoms with Crippen molar-refractivity contribution in [3.8, 4) is 0 Å². The molecule has 1 aromatic heterocycles. The molecule has 1 aromatic carbocycles. The maximum Gasteiger partial charge on any atom is 0.339 e. The third kappa shape index (κ3) is 3.98. The summed E-state index contributed by atoms with van der Waals surface area (Å²) in [5.41, 5.74) is 0.0587. The second-order valence-electron chi connectivity index (χ2n) is 6.47. The molecule has 2 aromatic rings. The molecule has 0 aliphatic carbocycles. The maximum atomic E-state index is 13.1. The number of pyridine rings is 1. The molecule has 0 bridgehead atoms. The molecule has 1 saturated heterocycles. The number of carbonyl (C=O) groups excluding carboxylic acids is 2. The van der Waals surface area contributed by atoms with Crippen LogP contribution in [0.1, 0.15) is 33.6 Å². The van der Waals surface area contributed by atoms with Gasteiger partial charge in [-0.3, -0.25) is 14.9 Å². The molecule has 28 heavy (non-hydrogen) atoms. The van der Waals surface area contributed by atoms with Crippen LogP contribution in [0.3, 0.4) is 0 Å². The first-order valence-corrected chi connectivity index (χ1v) is 8.68. The van der Waals surface area contributed by atoms with E-state index >= 15 is 0 Å². The van der Waals surface area contributed by atoms with Gasteiger partial charge in [-0.2, -0.15) is 0 Å². The quantitative estimate of drug-likeness (QED) is 0.336. The van der Waals surface area contributed by atoms with Crippen LogP contribution in [-0.4, -0.2) is 41.9 Å². The predicted molar refractivity (Wildman–Crippen MR) is 97.9 cm³/mol. The summed E-state index contributed by atoms with van der Waals surface area (Å²) >= 11 is 0. The summed E-state index contributed by atoms with van der Waals surface area (Å²) < 4.78 is 17.7. The van der Waals surface area contributed by atoms with Crippen molar-refractivity contribution in [2.45, 2.75) is 12.8 Å². The van der Waals surface area contributed by atoms with Gasteiger partial charge in [0.15, 0.2) is 5.78 Å². The van der Waals surface area contributed by atoms with Gasteiger partial charge in [-0.05, 0) is 37.1 Å². The van der Waals surface area contributed by atoms with Crippen molar-refractivity contribution in [3.63, 3.8) is 0 Å². The molecule has 1 unspecified atom stereocenters. The number of piperidine rings is 1. The Hall–Kier alpha value is -3.36. The monoisotopic (exact) mass is 387 g/mol. The van der Waals surface area contributed by atoms with Crippen LogP contribution in [0.15, 0.2) is 36.5 Å². The van der Waals surface area contributed by atoms with Crippen molar-refractivity contribution < 1.29 is 23.6 Å². The van der Waals surface area contributed by atoms with Crippen LogP contribution in [0.4, 0.5) is 15.9 Å². The Balaban J connectivity index is 1.85. The lowest BCUT2D eigenvalue weighted by molar-refractivity contribution is -0.384. The van der Waals surface area contributed by atoms with Gasteiger partial charge in [0.1, 0.15) is 5.82 Å². The lowest BCUT2D eigenvalue weighted by Crippen LogP contribution is -2.39. The van der Waals surface area contributed by atoms with Gasteiger partial charge in [0, 0.05) is 36.8 Å². The fraction of sp³-hybridized carbons (Fsp3) is 0.316. The molecule has 1 aliphatic heterocycles. The molecule has 1 atom stereocenters. The fourth-order valence-corrected chi connectivity index (χ4v) is 3.29. The van der Waals surface area contributed by atoms with E-state index in [1.165, 1.54) is 37.6 Å². The van der Waals surface area contributed by atoms with Gasteiger partial charge < -0.3 is 9.64 Å².